The van der Waals surface area contributed by atoms with E-state index in [0.717, 1.165) is 29.4 Å². The molecule has 1 aromatic heterocycles. The van der Waals surface area contributed by atoms with Crippen LogP contribution in [-0.4, -0.2) is 16.4 Å². The Morgan fingerprint density at radius 1 is 1.56 bits per heavy atom. The molecule has 4 heteroatoms. The summed E-state index contributed by atoms with van der Waals surface area (Å²) >= 11 is 3.37. The Kier molecular flexibility index (Phi) is 3.28. The van der Waals surface area contributed by atoms with E-state index in [1.54, 1.807) is 6.20 Å². The van der Waals surface area contributed by atoms with E-state index >= 15 is 0 Å². The van der Waals surface area contributed by atoms with E-state index in [1.807, 2.05) is 12.1 Å². The fraction of sp³-hybridized carbons (Fsp3) is 0.500. The van der Waals surface area contributed by atoms with Crippen molar-refractivity contribution in [1.82, 2.24) is 10.3 Å². The van der Waals surface area contributed by atoms with Crippen molar-refractivity contribution >= 4 is 21.8 Å². The molecule has 2 heterocycles. The lowest BCUT2D eigenvalue weighted by Gasteiger charge is -2.27. The number of hydrogen-bond donors (Lipinski definition) is 1. The van der Waals surface area contributed by atoms with Gasteiger partial charge in [-0.2, -0.15) is 0 Å². The number of amides is 1. The first kappa shape index (κ1) is 11.6. The first-order valence-corrected chi connectivity index (χ1v) is 6.34. The van der Waals surface area contributed by atoms with Gasteiger partial charge in [-0.05, 0) is 40.9 Å². The average Bonchev–Trinajstić information content (AvgIpc) is 2.64. The SMILES string of the molecule is CCC1(Cc2ccc(Br)cn2)CCC(=O)N1. The largest absolute Gasteiger partial charge is 0.350 e. The normalized spacial score (nSPS) is 24.5. The van der Waals surface area contributed by atoms with Crippen molar-refractivity contribution < 1.29 is 4.79 Å². The highest BCUT2D eigenvalue weighted by molar-refractivity contribution is 9.10. The van der Waals surface area contributed by atoms with Crippen LogP contribution in [0.2, 0.25) is 0 Å². The minimum absolute atomic E-state index is 0.0715. The molecule has 1 unspecified atom stereocenters. The van der Waals surface area contributed by atoms with E-state index in [4.69, 9.17) is 0 Å². The Balaban J connectivity index is 2.13. The molecule has 1 aliphatic rings. The summed E-state index contributed by atoms with van der Waals surface area (Å²) < 4.78 is 0.984. The fourth-order valence-electron chi connectivity index (χ4n) is 2.15. The van der Waals surface area contributed by atoms with Crippen molar-refractivity contribution in [2.24, 2.45) is 0 Å². The molecule has 0 bridgehead atoms. The Morgan fingerprint density at radius 3 is 2.88 bits per heavy atom. The van der Waals surface area contributed by atoms with Gasteiger partial charge in [-0.15, -0.1) is 0 Å². The third-order valence-electron chi connectivity index (χ3n) is 3.22. The summed E-state index contributed by atoms with van der Waals surface area (Å²) in [7, 11) is 0. The minimum Gasteiger partial charge on any atom is -0.350 e. The molecule has 1 saturated heterocycles. The molecule has 0 radical (unpaired) electrons. The van der Waals surface area contributed by atoms with Gasteiger partial charge in [0, 0.05) is 34.7 Å². The number of pyridine rings is 1. The average molecular weight is 283 g/mol. The second-order valence-corrected chi connectivity index (χ2v) is 5.24. The number of halogens is 1. The van der Waals surface area contributed by atoms with Gasteiger partial charge in [0.15, 0.2) is 0 Å². The van der Waals surface area contributed by atoms with Crippen LogP contribution in [-0.2, 0) is 11.2 Å². The van der Waals surface area contributed by atoms with Gasteiger partial charge >= 0.3 is 0 Å². The number of aromatic nitrogens is 1. The monoisotopic (exact) mass is 282 g/mol. The zero-order chi connectivity index (χ0) is 11.6. The molecule has 0 aromatic carbocycles. The summed E-state index contributed by atoms with van der Waals surface area (Å²) in [6.45, 7) is 2.12. The van der Waals surface area contributed by atoms with Gasteiger partial charge in [0.25, 0.3) is 0 Å². The highest BCUT2D eigenvalue weighted by atomic mass is 79.9. The molecule has 0 spiro atoms. The molecule has 0 saturated carbocycles. The van der Waals surface area contributed by atoms with Crippen molar-refractivity contribution in [3.05, 3.63) is 28.5 Å². The number of nitrogens with one attached hydrogen (secondary N) is 1. The molecule has 86 valence electrons. The zero-order valence-electron chi connectivity index (χ0n) is 9.29. The van der Waals surface area contributed by atoms with Crippen LogP contribution in [0.25, 0.3) is 0 Å². The molecule has 16 heavy (non-hydrogen) atoms. The van der Waals surface area contributed by atoms with E-state index < -0.39 is 0 Å². The second kappa shape index (κ2) is 4.53. The van der Waals surface area contributed by atoms with E-state index in [9.17, 15) is 4.79 Å². The molecule has 1 atom stereocenters. The van der Waals surface area contributed by atoms with Crippen LogP contribution >= 0.6 is 15.9 Å². The summed E-state index contributed by atoms with van der Waals surface area (Å²) in [5, 5.41) is 3.09. The van der Waals surface area contributed by atoms with Crippen LogP contribution in [0.1, 0.15) is 31.9 Å². The number of carbonyl (C=O) groups excluding carboxylic acids is 1. The number of hydrogen-bond acceptors (Lipinski definition) is 2. The van der Waals surface area contributed by atoms with Crippen molar-refractivity contribution in [3.63, 3.8) is 0 Å². The third-order valence-corrected chi connectivity index (χ3v) is 3.69. The van der Waals surface area contributed by atoms with Gasteiger partial charge in [-0.1, -0.05) is 6.92 Å². The van der Waals surface area contributed by atoms with E-state index in [-0.39, 0.29) is 11.4 Å². The second-order valence-electron chi connectivity index (χ2n) is 4.33. The van der Waals surface area contributed by atoms with E-state index in [1.165, 1.54) is 0 Å². The van der Waals surface area contributed by atoms with Crippen molar-refractivity contribution in [3.8, 4) is 0 Å². The van der Waals surface area contributed by atoms with Crippen molar-refractivity contribution in [2.75, 3.05) is 0 Å². The third kappa shape index (κ3) is 2.43. The predicted octanol–water partition coefficient (Wildman–Crippen LogP) is 2.45. The van der Waals surface area contributed by atoms with Crippen LogP contribution in [0.5, 0.6) is 0 Å². The Morgan fingerprint density at radius 2 is 2.38 bits per heavy atom. The topological polar surface area (TPSA) is 42.0 Å². The fourth-order valence-corrected chi connectivity index (χ4v) is 2.39. The lowest BCUT2D eigenvalue weighted by Crippen LogP contribution is -2.43. The van der Waals surface area contributed by atoms with Gasteiger partial charge < -0.3 is 5.32 Å². The summed E-state index contributed by atoms with van der Waals surface area (Å²) in [4.78, 5) is 15.7. The predicted molar refractivity (Wildman–Crippen MR) is 66.0 cm³/mol. The molecule has 1 aliphatic heterocycles. The molecular formula is C12H15BrN2O. The molecule has 1 aromatic rings. The van der Waals surface area contributed by atoms with Crippen molar-refractivity contribution in [2.45, 2.75) is 38.1 Å². The minimum atomic E-state index is -0.0715. The van der Waals surface area contributed by atoms with Crippen LogP contribution in [0.3, 0.4) is 0 Å². The first-order valence-electron chi connectivity index (χ1n) is 5.55. The molecule has 1 amide bonds. The molecule has 0 aliphatic carbocycles. The summed E-state index contributed by atoms with van der Waals surface area (Å²) in [5.74, 6) is 0.166. The Hall–Kier alpha value is -0.900. The van der Waals surface area contributed by atoms with Crippen LogP contribution in [0.4, 0.5) is 0 Å². The Labute approximate surface area is 104 Å². The number of carbonyl (C=O) groups is 1. The van der Waals surface area contributed by atoms with Gasteiger partial charge in [0.05, 0.1) is 0 Å². The van der Waals surface area contributed by atoms with E-state index in [2.05, 4.69) is 33.2 Å². The quantitative estimate of drug-likeness (QED) is 0.925. The maximum absolute atomic E-state index is 11.3. The van der Waals surface area contributed by atoms with E-state index in [0.29, 0.717) is 6.42 Å². The van der Waals surface area contributed by atoms with Gasteiger partial charge in [-0.25, -0.2) is 0 Å². The Bertz CT molecular complexity index is 391. The van der Waals surface area contributed by atoms with Gasteiger partial charge in [0.2, 0.25) is 5.91 Å². The van der Waals surface area contributed by atoms with Crippen molar-refractivity contribution in [1.29, 1.82) is 0 Å². The van der Waals surface area contributed by atoms with Crippen LogP contribution in [0, 0.1) is 0 Å². The number of nitrogens with zero attached hydrogens (tertiary/aromatic N) is 1. The highest BCUT2D eigenvalue weighted by Gasteiger charge is 2.36. The molecular weight excluding hydrogens is 268 g/mol. The zero-order valence-corrected chi connectivity index (χ0v) is 10.9. The molecule has 1 fully saturated rings. The molecule has 3 nitrogen and oxygen atoms in total. The van der Waals surface area contributed by atoms with Gasteiger partial charge in [0.1, 0.15) is 0 Å². The maximum Gasteiger partial charge on any atom is 0.220 e. The summed E-state index contributed by atoms with van der Waals surface area (Å²) in [6, 6.07) is 3.99. The van der Waals surface area contributed by atoms with Crippen LogP contribution in [0.15, 0.2) is 22.8 Å². The summed E-state index contributed by atoms with van der Waals surface area (Å²) in [5.41, 5.74) is 0.963. The molecule has 2 rings (SSSR count). The lowest BCUT2D eigenvalue weighted by molar-refractivity contribution is -0.119. The first-order chi connectivity index (χ1) is 7.63. The van der Waals surface area contributed by atoms with Crippen LogP contribution < -0.4 is 5.32 Å². The summed E-state index contributed by atoms with van der Waals surface area (Å²) in [6.07, 6.45) is 5.14. The lowest BCUT2D eigenvalue weighted by atomic mass is 9.89. The molecule has 1 N–H and O–H groups in total. The number of rotatable bonds is 3. The smallest absolute Gasteiger partial charge is 0.220 e. The van der Waals surface area contributed by atoms with Gasteiger partial charge in [-0.3, -0.25) is 9.78 Å². The maximum atomic E-state index is 11.3. The highest BCUT2D eigenvalue weighted by Crippen LogP contribution is 2.27. The standard InChI is InChI=1S/C12H15BrN2O/c1-2-12(6-5-11(16)15-12)7-10-4-3-9(13)8-14-10/h3-4,8H,2,5-7H2,1H3,(H,15,16).